The van der Waals surface area contributed by atoms with E-state index in [1.54, 1.807) is 0 Å². The second kappa shape index (κ2) is 3.67. The van der Waals surface area contributed by atoms with Crippen LogP contribution in [0.5, 0.6) is 5.75 Å². The Hall–Kier alpha value is -1.33. The topological polar surface area (TPSA) is 54.0 Å². The third-order valence-corrected chi connectivity index (χ3v) is 2.37. The summed E-state index contributed by atoms with van der Waals surface area (Å²) in [5.41, 5.74) is 0.316. The molecule has 78 valence electrons. The fourth-order valence-electron chi connectivity index (χ4n) is 1.10. The van der Waals surface area contributed by atoms with Crippen LogP contribution in [0.25, 0.3) is 0 Å². The van der Waals surface area contributed by atoms with Crippen molar-refractivity contribution in [3.63, 3.8) is 0 Å². The van der Waals surface area contributed by atoms with Crippen molar-refractivity contribution in [1.29, 1.82) is 0 Å². The van der Waals surface area contributed by atoms with Gasteiger partial charge in [-0.15, -0.1) is 0 Å². The van der Waals surface area contributed by atoms with Crippen LogP contribution in [0, 0.1) is 0 Å². The number of halogens is 2. The summed E-state index contributed by atoms with van der Waals surface area (Å²) in [5.74, 6) is -0.0315. The maximum Gasteiger partial charge on any atom is 0.298 e. The Labute approximate surface area is 95.2 Å². The van der Waals surface area contributed by atoms with Crippen LogP contribution in [0.3, 0.4) is 0 Å². The average molecular weight is 246 g/mol. The first-order valence-corrected chi connectivity index (χ1v) is 4.68. The van der Waals surface area contributed by atoms with Gasteiger partial charge in [-0.05, 0) is 22.6 Å². The molecule has 0 aromatic heterocycles. The highest BCUT2D eigenvalue weighted by molar-refractivity contribution is 6.37. The molecule has 0 saturated carbocycles. The molecule has 1 aliphatic rings. The summed E-state index contributed by atoms with van der Waals surface area (Å²) in [6.07, 6.45) is 0. The predicted molar refractivity (Wildman–Crippen MR) is 54.0 cm³/mol. The lowest BCUT2D eigenvalue weighted by Crippen LogP contribution is -2.09. The maximum atomic E-state index is 11.5. The van der Waals surface area contributed by atoms with Crippen LogP contribution in [-0.4, -0.2) is 18.1 Å². The Balaban J connectivity index is 2.38. The van der Waals surface area contributed by atoms with Crippen molar-refractivity contribution in [1.82, 2.24) is 5.12 Å². The quantitative estimate of drug-likeness (QED) is 0.805. The summed E-state index contributed by atoms with van der Waals surface area (Å²) >= 11 is 11.7. The SMILES string of the molecule is COc1c(Cl)cc(C(=O)N2N=N2)cc1Cl. The number of ether oxygens (including phenoxy) is 1. The van der Waals surface area contributed by atoms with Gasteiger partial charge in [-0.2, -0.15) is 0 Å². The molecule has 0 radical (unpaired) electrons. The molecule has 0 spiro atoms. The van der Waals surface area contributed by atoms with Gasteiger partial charge in [0.15, 0.2) is 5.75 Å². The number of amides is 1. The summed E-state index contributed by atoms with van der Waals surface area (Å²) < 4.78 is 4.95. The molecule has 1 aromatic rings. The minimum atomic E-state index is -0.374. The first kappa shape index (κ1) is 10.2. The second-order valence-corrected chi connectivity index (χ2v) is 3.56. The van der Waals surface area contributed by atoms with Crippen LogP contribution < -0.4 is 4.74 Å². The smallest absolute Gasteiger partial charge is 0.298 e. The highest BCUT2D eigenvalue weighted by Crippen LogP contribution is 2.34. The zero-order chi connectivity index (χ0) is 11.0. The number of benzene rings is 1. The van der Waals surface area contributed by atoms with E-state index in [-0.39, 0.29) is 16.0 Å². The molecule has 5 nitrogen and oxygen atoms in total. The molecule has 2 rings (SSSR count). The molecule has 1 aliphatic heterocycles. The molecule has 0 bridgehead atoms. The van der Waals surface area contributed by atoms with Gasteiger partial charge in [-0.3, -0.25) is 4.79 Å². The number of hydrogen-bond donors (Lipinski definition) is 0. The van der Waals surface area contributed by atoms with E-state index in [1.807, 2.05) is 0 Å². The summed E-state index contributed by atoms with van der Waals surface area (Å²) in [5, 5.41) is 8.24. The van der Waals surface area contributed by atoms with Gasteiger partial charge < -0.3 is 4.74 Å². The van der Waals surface area contributed by atoms with Gasteiger partial charge in [-0.1, -0.05) is 28.3 Å². The standard InChI is InChI=1S/C8H5Cl2N3O2/c1-15-7-5(9)2-4(3-6(7)10)8(14)13-11-12-13/h2-3H,1H3. The third kappa shape index (κ3) is 1.88. The van der Waals surface area contributed by atoms with Gasteiger partial charge in [0, 0.05) is 5.56 Å². The molecule has 1 heterocycles. The van der Waals surface area contributed by atoms with Crippen LogP contribution in [-0.2, 0) is 0 Å². The van der Waals surface area contributed by atoms with Gasteiger partial charge >= 0.3 is 0 Å². The molecular weight excluding hydrogens is 241 g/mol. The minimum absolute atomic E-state index is 0.273. The molecule has 0 aliphatic carbocycles. The van der Waals surface area contributed by atoms with Crippen molar-refractivity contribution in [2.24, 2.45) is 10.4 Å². The van der Waals surface area contributed by atoms with E-state index in [0.717, 1.165) is 5.12 Å². The predicted octanol–water partition coefficient (Wildman–Crippen LogP) is 2.74. The van der Waals surface area contributed by atoms with E-state index in [1.165, 1.54) is 19.2 Å². The Morgan fingerprint density at radius 3 is 2.27 bits per heavy atom. The van der Waals surface area contributed by atoms with Gasteiger partial charge in [0.1, 0.15) is 0 Å². The average Bonchev–Trinajstić information content (AvgIpc) is 2.99. The van der Waals surface area contributed by atoms with Crippen molar-refractivity contribution in [2.75, 3.05) is 7.11 Å². The second-order valence-electron chi connectivity index (χ2n) is 2.75. The number of methoxy groups -OCH3 is 1. The Bertz CT molecular complexity index is 432. The fraction of sp³-hybridized carbons (Fsp3) is 0.125. The lowest BCUT2D eigenvalue weighted by Gasteiger charge is -2.07. The van der Waals surface area contributed by atoms with Crippen molar-refractivity contribution in [3.05, 3.63) is 27.7 Å². The molecule has 15 heavy (non-hydrogen) atoms. The molecule has 7 heteroatoms. The van der Waals surface area contributed by atoms with E-state index < -0.39 is 0 Å². The molecule has 0 saturated heterocycles. The highest BCUT2D eigenvalue weighted by atomic mass is 35.5. The minimum Gasteiger partial charge on any atom is -0.494 e. The zero-order valence-electron chi connectivity index (χ0n) is 7.57. The first-order valence-electron chi connectivity index (χ1n) is 3.92. The Morgan fingerprint density at radius 1 is 1.33 bits per heavy atom. The van der Waals surface area contributed by atoms with Crippen LogP contribution in [0.1, 0.15) is 10.4 Å². The van der Waals surface area contributed by atoms with Crippen LogP contribution in [0.2, 0.25) is 10.0 Å². The summed E-state index contributed by atoms with van der Waals surface area (Å²) in [7, 11) is 1.45. The number of nitrogens with zero attached hydrogens (tertiary/aromatic N) is 3. The van der Waals surface area contributed by atoms with Crippen molar-refractivity contribution >= 4 is 29.1 Å². The molecule has 0 fully saturated rings. The lowest BCUT2D eigenvalue weighted by atomic mass is 10.2. The number of hydrogen-bond acceptors (Lipinski definition) is 4. The van der Waals surface area contributed by atoms with E-state index in [4.69, 9.17) is 27.9 Å². The molecule has 1 aromatic carbocycles. The first-order chi connectivity index (χ1) is 7.13. The number of carbonyl (C=O) groups excluding carboxylic acids is 1. The van der Waals surface area contributed by atoms with Gasteiger partial charge in [0.2, 0.25) is 0 Å². The van der Waals surface area contributed by atoms with E-state index in [0.29, 0.717) is 11.3 Å². The molecule has 0 N–H and O–H groups in total. The zero-order valence-corrected chi connectivity index (χ0v) is 9.08. The van der Waals surface area contributed by atoms with Crippen LogP contribution in [0.15, 0.2) is 22.6 Å². The van der Waals surface area contributed by atoms with Gasteiger partial charge in [0.05, 0.1) is 17.2 Å². The van der Waals surface area contributed by atoms with Crippen LogP contribution in [0.4, 0.5) is 0 Å². The maximum absolute atomic E-state index is 11.5. The summed E-state index contributed by atoms with van der Waals surface area (Å²) in [4.78, 5) is 11.5. The highest BCUT2D eigenvalue weighted by Gasteiger charge is 2.25. The van der Waals surface area contributed by atoms with Crippen LogP contribution >= 0.6 is 23.2 Å². The lowest BCUT2D eigenvalue weighted by molar-refractivity contribution is 0.0857. The monoisotopic (exact) mass is 245 g/mol. The number of carbonyl (C=O) groups is 1. The van der Waals surface area contributed by atoms with Gasteiger partial charge in [0.25, 0.3) is 5.91 Å². The van der Waals surface area contributed by atoms with Crippen molar-refractivity contribution in [2.45, 2.75) is 0 Å². The number of rotatable bonds is 2. The molecule has 0 unspecified atom stereocenters. The Kier molecular flexibility index (Phi) is 2.50. The van der Waals surface area contributed by atoms with E-state index >= 15 is 0 Å². The fourth-order valence-corrected chi connectivity index (χ4v) is 1.74. The normalized spacial score (nSPS) is 12.9. The van der Waals surface area contributed by atoms with E-state index in [9.17, 15) is 4.79 Å². The van der Waals surface area contributed by atoms with Crippen molar-refractivity contribution < 1.29 is 9.53 Å². The Morgan fingerprint density at radius 2 is 1.87 bits per heavy atom. The van der Waals surface area contributed by atoms with Crippen molar-refractivity contribution in [3.8, 4) is 5.75 Å². The van der Waals surface area contributed by atoms with E-state index in [2.05, 4.69) is 10.4 Å². The largest absolute Gasteiger partial charge is 0.494 e. The molecule has 1 amide bonds. The third-order valence-electron chi connectivity index (χ3n) is 1.81. The summed E-state index contributed by atoms with van der Waals surface area (Å²) in [6.45, 7) is 0. The molecule has 0 atom stereocenters. The summed E-state index contributed by atoms with van der Waals surface area (Å²) in [6, 6.07) is 2.91. The van der Waals surface area contributed by atoms with Gasteiger partial charge in [-0.25, -0.2) is 0 Å². The molecular formula is C8H5Cl2N3O2.